The number of carbonyl (C=O) groups is 2. The predicted octanol–water partition coefficient (Wildman–Crippen LogP) is 20.8. The molecule has 6 heteroatoms. The zero-order valence-electron chi connectivity index (χ0n) is 48.9. The summed E-state index contributed by atoms with van der Waals surface area (Å²) in [6.07, 6.45) is 75.2. The lowest BCUT2D eigenvalue weighted by Crippen LogP contribution is -2.45. The topological polar surface area (TPSA) is 95.9 Å². The van der Waals surface area contributed by atoms with Crippen LogP contribution in [-0.4, -0.2) is 47.4 Å². The highest BCUT2D eigenvalue weighted by molar-refractivity contribution is 5.76. The van der Waals surface area contributed by atoms with Crippen LogP contribution in [0.25, 0.3) is 0 Å². The third-order valence-corrected chi connectivity index (χ3v) is 15.6. The molecule has 0 heterocycles. The number of carbonyl (C=O) groups excluding carboxylic acids is 2. The Balaban J connectivity index is 3.43. The second-order valence-electron chi connectivity index (χ2n) is 22.8. The van der Waals surface area contributed by atoms with Crippen molar-refractivity contribution >= 4 is 11.9 Å². The van der Waals surface area contributed by atoms with E-state index in [4.69, 9.17) is 4.74 Å². The number of hydrogen-bond acceptors (Lipinski definition) is 5. The first-order chi connectivity index (χ1) is 35.5. The first-order valence-corrected chi connectivity index (χ1v) is 32.9. The summed E-state index contributed by atoms with van der Waals surface area (Å²) in [5.41, 5.74) is 0. The zero-order valence-corrected chi connectivity index (χ0v) is 48.9. The smallest absolute Gasteiger partial charge is 0.305 e. The van der Waals surface area contributed by atoms with Crippen molar-refractivity contribution in [3.05, 3.63) is 12.2 Å². The molecular formula is C66H129NO5. The van der Waals surface area contributed by atoms with Gasteiger partial charge in [-0.2, -0.15) is 0 Å². The van der Waals surface area contributed by atoms with Gasteiger partial charge in [-0.1, -0.05) is 321 Å². The Morgan fingerprint density at radius 2 is 0.653 bits per heavy atom. The maximum absolute atomic E-state index is 12.5. The predicted molar refractivity (Wildman–Crippen MR) is 315 cm³/mol. The van der Waals surface area contributed by atoms with Crippen molar-refractivity contribution in [1.29, 1.82) is 0 Å². The molecule has 0 aromatic heterocycles. The number of aliphatic hydroxyl groups excluding tert-OH is 2. The van der Waals surface area contributed by atoms with Crippen LogP contribution in [0.4, 0.5) is 0 Å². The Morgan fingerprint density at radius 3 is 0.986 bits per heavy atom. The van der Waals surface area contributed by atoms with E-state index in [9.17, 15) is 19.8 Å². The summed E-state index contributed by atoms with van der Waals surface area (Å²) >= 11 is 0. The van der Waals surface area contributed by atoms with Gasteiger partial charge in [-0.3, -0.25) is 9.59 Å². The molecule has 0 saturated carbocycles. The lowest BCUT2D eigenvalue weighted by Gasteiger charge is -2.22. The van der Waals surface area contributed by atoms with Crippen LogP contribution in [0.1, 0.15) is 373 Å². The fourth-order valence-corrected chi connectivity index (χ4v) is 10.5. The van der Waals surface area contributed by atoms with Crippen LogP contribution < -0.4 is 5.32 Å². The SMILES string of the molecule is CCCCCCCCCCCCCCCCCCCCCCCCCCC(O)C(CO)NC(=O)CCCCCCCCC/C=C\CCCCCCCCCCCOC(=O)CCCCCCCCCCCCC. The maximum Gasteiger partial charge on any atom is 0.305 e. The minimum atomic E-state index is -0.670. The van der Waals surface area contributed by atoms with Gasteiger partial charge < -0.3 is 20.3 Å². The van der Waals surface area contributed by atoms with Crippen LogP contribution in [0.2, 0.25) is 0 Å². The van der Waals surface area contributed by atoms with E-state index in [2.05, 4.69) is 31.3 Å². The molecule has 0 aromatic carbocycles. The summed E-state index contributed by atoms with van der Waals surface area (Å²) < 4.78 is 5.46. The second-order valence-corrected chi connectivity index (χ2v) is 22.8. The van der Waals surface area contributed by atoms with Crippen LogP contribution in [0.5, 0.6) is 0 Å². The Morgan fingerprint density at radius 1 is 0.375 bits per heavy atom. The lowest BCUT2D eigenvalue weighted by molar-refractivity contribution is -0.143. The van der Waals surface area contributed by atoms with E-state index < -0.39 is 12.1 Å². The molecule has 1 amide bonds. The van der Waals surface area contributed by atoms with E-state index in [1.54, 1.807) is 0 Å². The third-order valence-electron chi connectivity index (χ3n) is 15.6. The summed E-state index contributed by atoms with van der Waals surface area (Å²) in [7, 11) is 0. The molecule has 3 N–H and O–H groups in total. The molecule has 0 fully saturated rings. The molecule has 0 aliphatic heterocycles. The Labute approximate surface area is 450 Å². The van der Waals surface area contributed by atoms with Gasteiger partial charge in [0, 0.05) is 12.8 Å². The standard InChI is InChI=1S/C66H129NO5/c1-3-5-7-9-11-13-15-16-17-18-19-20-21-22-23-26-29-32-35-39-42-46-50-54-58-64(69)63(62-68)67-65(70)59-55-51-47-43-40-36-33-30-27-24-25-28-31-34-37-41-45-49-53-57-61-72-66(71)60-56-52-48-44-38-14-12-10-8-6-4-2/h24,27,63-64,68-69H,3-23,25-26,28-62H2,1-2H3,(H,67,70)/b27-24-. The normalized spacial score (nSPS) is 12.6. The molecule has 6 nitrogen and oxygen atoms in total. The lowest BCUT2D eigenvalue weighted by atomic mass is 10.0. The molecule has 0 aliphatic rings. The van der Waals surface area contributed by atoms with E-state index in [1.807, 2.05) is 0 Å². The largest absolute Gasteiger partial charge is 0.466 e. The molecule has 0 aliphatic carbocycles. The van der Waals surface area contributed by atoms with Crippen LogP contribution in [0.3, 0.4) is 0 Å². The van der Waals surface area contributed by atoms with E-state index in [1.165, 1.54) is 302 Å². The number of rotatable bonds is 62. The Hall–Kier alpha value is -1.40. The first-order valence-electron chi connectivity index (χ1n) is 32.9. The number of unbranched alkanes of at least 4 members (excludes halogenated alkanes) is 49. The number of aliphatic hydroxyl groups is 2. The van der Waals surface area contributed by atoms with Gasteiger partial charge >= 0.3 is 5.97 Å². The van der Waals surface area contributed by atoms with Gasteiger partial charge in [0.2, 0.25) is 5.91 Å². The quantitative estimate of drug-likeness (QED) is 0.0320. The van der Waals surface area contributed by atoms with Gasteiger partial charge in [0.1, 0.15) is 0 Å². The summed E-state index contributed by atoms with van der Waals surface area (Å²) in [5.74, 6) is -0.0319. The first kappa shape index (κ1) is 70.6. The molecule has 2 unspecified atom stereocenters. The molecule has 72 heavy (non-hydrogen) atoms. The number of hydrogen-bond donors (Lipinski definition) is 3. The van der Waals surface area contributed by atoms with Gasteiger partial charge in [0.25, 0.3) is 0 Å². The van der Waals surface area contributed by atoms with Crippen LogP contribution >= 0.6 is 0 Å². The molecule has 0 rings (SSSR count). The fourth-order valence-electron chi connectivity index (χ4n) is 10.5. The second kappa shape index (κ2) is 62.1. The average molecular weight is 1020 g/mol. The molecule has 0 aromatic rings. The zero-order chi connectivity index (χ0) is 52.2. The molecule has 2 atom stereocenters. The molecule has 0 spiro atoms. The molecule has 428 valence electrons. The van der Waals surface area contributed by atoms with Crippen molar-refractivity contribution in [2.24, 2.45) is 0 Å². The van der Waals surface area contributed by atoms with Gasteiger partial charge in [-0.25, -0.2) is 0 Å². The number of amides is 1. The van der Waals surface area contributed by atoms with Crippen molar-refractivity contribution < 1.29 is 24.5 Å². The highest BCUT2D eigenvalue weighted by Gasteiger charge is 2.20. The number of ether oxygens (including phenoxy) is 1. The minimum absolute atomic E-state index is 0.00698. The summed E-state index contributed by atoms with van der Waals surface area (Å²) in [5, 5.41) is 23.4. The maximum atomic E-state index is 12.5. The summed E-state index contributed by atoms with van der Waals surface area (Å²) in [4.78, 5) is 24.5. The number of nitrogens with one attached hydrogen (secondary N) is 1. The van der Waals surface area contributed by atoms with Crippen molar-refractivity contribution in [2.45, 2.75) is 386 Å². The molecule has 0 bridgehead atoms. The van der Waals surface area contributed by atoms with E-state index in [-0.39, 0.29) is 18.5 Å². The summed E-state index contributed by atoms with van der Waals surface area (Å²) in [6, 6.07) is -0.548. The van der Waals surface area contributed by atoms with Crippen LogP contribution in [0.15, 0.2) is 12.2 Å². The summed E-state index contributed by atoms with van der Waals surface area (Å²) in [6.45, 7) is 4.97. The van der Waals surface area contributed by atoms with Gasteiger partial charge in [0.05, 0.1) is 25.4 Å². The van der Waals surface area contributed by atoms with Crippen LogP contribution in [-0.2, 0) is 14.3 Å². The van der Waals surface area contributed by atoms with Gasteiger partial charge in [-0.15, -0.1) is 0 Å². The van der Waals surface area contributed by atoms with Crippen LogP contribution in [0, 0.1) is 0 Å². The fraction of sp³-hybridized carbons (Fsp3) is 0.939. The molecule has 0 saturated heterocycles. The average Bonchev–Trinajstić information content (AvgIpc) is 3.38. The van der Waals surface area contributed by atoms with E-state index in [0.29, 0.717) is 25.9 Å². The van der Waals surface area contributed by atoms with Crippen molar-refractivity contribution in [1.82, 2.24) is 5.32 Å². The van der Waals surface area contributed by atoms with Crippen molar-refractivity contribution in [3.63, 3.8) is 0 Å². The number of allylic oxidation sites excluding steroid dienone is 2. The van der Waals surface area contributed by atoms with Gasteiger partial charge in [-0.05, 0) is 51.4 Å². The third kappa shape index (κ3) is 57.9. The Bertz CT molecular complexity index is 1080. The Kier molecular flexibility index (Phi) is 60.9. The van der Waals surface area contributed by atoms with Gasteiger partial charge in [0.15, 0.2) is 0 Å². The molecule has 0 radical (unpaired) electrons. The van der Waals surface area contributed by atoms with E-state index in [0.717, 1.165) is 38.5 Å². The number of esters is 1. The monoisotopic (exact) mass is 1020 g/mol. The van der Waals surface area contributed by atoms with Crippen molar-refractivity contribution in [2.75, 3.05) is 13.2 Å². The highest BCUT2D eigenvalue weighted by Crippen LogP contribution is 2.18. The molecular weight excluding hydrogens is 887 g/mol. The van der Waals surface area contributed by atoms with E-state index >= 15 is 0 Å². The van der Waals surface area contributed by atoms with Crippen molar-refractivity contribution in [3.8, 4) is 0 Å². The minimum Gasteiger partial charge on any atom is -0.466 e. The highest BCUT2D eigenvalue weighted by atomic mass is 16.5.